The molecule has 116 valence electrons. The van der Waals surface area contributed by atoms with Crippen LogP contribution >= 0.6 is 0 Å². The molecule has 1 heterocycles. The fraction of sp³-hybridized carbons (Fsp3) is 0.200. The number of carbonyl (C=O) groups excluding carboxylic acids is 1. The van der Waals surface area contributed by atoms with Crippen molar-refractivity contribution in [2.75, 3.05) is 0 Å². The summed E-state index contributed by atoms with van der Waals surface area (Å²) in [4.78, 5) is 16.9. The topological polar surface area (TPSA) is 42.0 Å². The number of nitrogens with zero attached hydrogens (tertiary/aromatic N) is 1. The minimum absolute atomic E-state index is 0.0603. The van der Waals surface area contributed by atoms with Gasteiger partial charge in [0.1, 0.15) is 0 Å². The van der Waals surface area contributed by atoms with Crippen molar-refractivity contribution < 1.29 is 4.79 Å². The van der Waals surface area contributed by atoms with Crippen LogP contribution < -0.4 is 5.32 Å². The number of fused-ring (bicyclic) bond motifs is 1. The third-order valence-electron chi connectivity index (χ3n) is 3.96. The maximum atomic E-state index is 12.5. The molecular weight excluding hydrogens is 284 g/mol. The Morgan fingerprint density at radius 1 is 1.04 bits per heavy atom. The van der Waals surface area contributed by atoms with Crippen molar-refractivity contribution in [1.82, 2.24) is 10.3 Å². The van der Waals surface area contributed by atoms with E-state index in [0.717, 1.165) is 23.7 Å². The first-order valence-corrected chi connectivity index (χ1v) is 7.92. The van der Waals surface area contributed by atoms with Crippen LogP contribution in [-0.2, 0) is 6.42 Å². The van der Waals surface area contributed by atoms with E-state index in [2.05, 4.69) is 22.4 Å². The molecule has 0 aliphatic heterocycles. The lowest BCUT2D eigenvalue weighted by Crippen LogP contribution is -2.33. The molecule has 1 atom stereocenters. The van der Waals surface area contributed by atoms with Crippen LogP contribution in [0.2, 0.25) is 0 Å². The van der Waals surface area contributed by atoms with E-state index in [9.17, 15) is 4.79 Å². The molecule has 23 heavy (non-hydrogen) atoms. The normalized spacial score (nSPS) is 12.0. The number of aromatic nitrogens is 1. The van der Waals surface area contributed by atoms with E-state index in [1.807, 2.05) is 55.5 Å². The summed E-state index contributed by atoms with van der Waals surface area (Å²) >= 11 is 0. The second kappa shape index (κ2) is 7.05. The van der Waals surface area contributed by atoms with Crippen molar-refractivity contribution >= 4 is 16.8 Å². The van der Waals surface area contributed by atoms with Crippen LogP contribution in [-0.4, -0.2) is 16.9 Å². The first-order valence-electron chi connectivity index (χ1n) is 7.92. The third kappa shape index (κ3) is 3.75. The molecule has 3 heteroatoms. The van der Waals surface area contributed by atoms with Crippen LogP contribution in [0, 0.1) is 0 Å². The van der Waals surface area contributed by atoms with Gasteiger partial charge in [-0.15, -0.1) is 0 Å². The molecule has 2 aromatic carbocycles. The lowest BCUT2D eigenvalue weighted by Gasteiger charge is -2.14. The fourth-order valence-electron chi connectivity index (χ4n) is 2.69. The molecule has 0 bridgehead atoms. The largest absolute Gasteiger partial charge is 0.350 e. The van der Waals surface area contributed by atoms with E-state index in [1.54, 1.807) is 6.20 Å². The quantitative estimate of drug-likeness (QED) is 0.774. The summed E-state index contributed by atoms with van der Waals surface area (Å²) in [5, 5.41) is 4.06. The first kappa shape index (κ1) is 15.2. The molecular formula is C20H20N2O. The zero-order valence-corrected chi connectivity index (χ0v) is 13.2. The van der Waals surface area contributed by atoms with Gasteiger partial charge in [-0.1, -0.05) is 48.5 Å². The molecule has 1 aromatic heterocycles. The van der Waals surface area contributed by atoms with Gasteiger partial charge in [-0.2, -0.15) is 0 Å². The number of rotatable bonds is 5. The molecule has 0 saturated carbocycles. The van der Waals surface area contributed by atoms with Crippen LogP contribution in [0.3, 0.4) is 0 Å². The maximum Gasteiger partial charge on any atom is 0.253 e. The van der Waals surface area contributed by atoms with Gasteiger partial charge in [0.05, 0.1) is 11.1 Å². The summed E-state index contributed by atoms with van der Waals surface area (Å²) in [6.45, 7) is 2.04. The summed E-state index contributed by atoms with van der Waals surface area (Å²) in [5.74, 6) is -0.0603. The van der Waals surface area contributed by atoms with Crippen LogP contribution in [0.1, 0.15) is 29.3 Å². The van der Waals surface area contributed by atoms with Crippen molar-refractivity contribution in [3.8, 4) is 0 Å². The lowest BCUT2D eigenvalue weighted by molar-refractivity contribution is 0.0940. The Morgan fingerprint density at radius 2 is 1.83 bits per heavy atom. The molecule has 1 amide bonds. The summed E-state index contributed by atoms with van der Waals surface area (Å²) < 4.78 is 0. The highest BCUT2D eigenvalue weighted by Crippen LogP contribution is 2.16. The SMILES string of the molecule is CC(CCc1ccccc1)NC(=O)c1cccc2cccnc12. The monoisotopic (exact) mass is 304 g/mol. The average Bonchev–Trinajstić information content (AvgIpc) is 2.60. The number of carbonyl (C=O) groups is 1. The van der Waals surface area contributed by atoms with Gasteiger partial charge in [0.2, 0.25) is 0 Å². The second-order valence-electron chi connectivity index (χ2n) is 5.78. The van der Waals surface area contributed by atoms with Crippen LogP contribution in [0.25, 0.3) is 10.9 Å². The zero-order valence-electron chi connectivity index (χ0n) is 13.2. The Kier molecular flexibility index (Phi) is 4.67. The third-order valence-corrected chi connectivity index (χ3v) is 3.96. The molecule has 0 fully saturated rings. The first-order chi connectivity index (χ1) is 11.2. The Labute approximate surface area is 136 Å². The highest BCUT2D eigenvalue weighted by atomic mass is 16.1. The van der Waals surface area contributed by atoms with Crippen LogP contribution in [0.5, 0.6) is 0 Å². The van der Waals surface area contributed by atoms with Crippen molar-refractivity contribution in [1.29, 1.82) is 0 Å². The smallest absolute Gasteiger partial charge is 0.253 e. The molecule has 3 rings (SSSR count). The summed E-state index contributed by atoms with van der Waals surface area (Å²) in [7, 11) is 0. The number of para-hydroxylation sites is 1. The molecule has 0 aliphatic rings. The van der Waals surface area contributed by atoms with Gasteiger partial charge < -0.3 is 5.32 Å². The Bertz CT molecular complexity index is 794. The highest BCUT2D eigenvalue weighted by Gasteiger charge is 2.13. The molecule has 0 radical (unpaired) electrons. The standard InChI is InChI=1S/C20H20N2O/c1-15(12-13-16-7-3-2-4-8-16)22-20(23)18-11-5-9-17-10-6-14-21-19(17)18/h2-11,14-15H,12-13H2,1H3,(H,22,23). The maximum absolute atomic E-state index is 12.5. The van der Waals surface area contributed by atoms with Crippen molar-refractivity contribution in [2.24, 2.45) is 0 Å². The number of nitrogens with one attached hydrogen (secondary N) is 1. The number of benzene rings is 2. The predicted octanol–water partition coefficient (Wildman–Crippen LogP) is 3.99. The van der Waals surface area contributed by atoms with Crippen molar-refractivity contribution in [3.05, 3.63) is 78.0 Å². The van der Waals surface area contributed by atoms with Crippen molar-refractivity contribution in [2.45, 2.75) is 25.8 Å². The number of hydrogen-bond acceptors (Lipinski definition) is 2. The molecule has 1 unspecified atom stereocenters. The van der Waals surface area contributed by atoms with E-state index >= 15 is 0 Å². The minimum atomic E-state index is -0.0603. The van der Waals surface area contributed by atoms with Gasteiger partial charge in [0.15, 0.2) is 0 Å². The molecule has 0 saturated heterocycles. The van der Waals surface area contributed by atoms with Gasteiger partial charge in [-0.25, -0.2) is 0 Å². The predicted molar refractivity (Wildman–Crippen MR) is 93.4 cm³/mol. The minimum Gasteiger partial charge on any atom is -0.350 e. The summed E-state index contributed by atoms with van der Waals surface area (Å²) in [6, 6.07) is 20.0. The summed E-state index contributed by atoms with van der Waals surface area (Å²) in [6.07, 6.45) is 3.59. The van der Waals surface area contributed by atoms with Gasteiger partial charge in [0.25, 0.3) is 5.91 Å². The second-order valence-corrected chi connectivity index (χ2v) is 5.78. The number of amides is 1. The number of pyridine rings is 1. The molecule has 1 N–H and O–H groups in total. The summed E-state index contributed by atoms with van der Waals surface area (Å²) in [5.41, 5.74) is 2.68. The highest BCUT2D eigenvalue weighted by molar-refractivity contribution is 6.05. The van der Waals surface area contributed by atoms with E-state index in [0.29, 0.717) is 5.56 Å². The van der Waals surface area contributed by atoms with E-state index in [-0.39, 0.29) is 11.9 Å². The zero-order chi connectivity index (χ0) is 16.1. The van der Waals surface area contributed by atoms with E-state index in [4.69, 9.17) is 0 Å². The van der Waals surface area contributed by atoms with Gasteiger partial charge in [-0.05, 0) is 37.5 Å². The van der Waals surface area contributed by atoms with Gasteiger partial charge >= 0.3 is 0 Å². The molecule has 3 nitrogen and oxygen atoms in total. The van der Waals surface area contributed by atoms with Crippen LogP contribution in [0.4, 0.5) is 0 Å². The lowest BCUT2D eigenvalue weighted by atomic mass is 10.1. The number of aryl methyl sites for hydroxylation is 1. The van der Waals surface area contributed by atoms with E-state index in [1.165, 1.54) is 5.56 Å². The molecule has 3 aromatic rings. The van der Waals surface area contributed by atoms with Gasteiger partial charge in [-0.3, -0.25) is 9.78 Å². The average molecular weight is 304 g/mol. The van der Waals surface area contributed by atoms with Crippen molar-refractivity contribution in [3.63, 3.8) is 0 Å². The number of hydrogen-bond donors (Lipinski definition) is 1. The Morgan fingerprint density at radius 3 is 2.65 bits per heavy atom. The molecule has 0 aliphatic carbocycles. The Balaban J connectivity index is 1.66. The fourth-order valence-corrected chi connectivity index (χ4v) is 2.69. The van der Waals surface area contributed by atoms with E-state index < -0.39 is 0 Å². The van der Waals surface area contributed by atoms with Gasteiger partial charge in [0, 0.05) is 17.6 Å². The molecule has 0 spiro atoms. The van der Waals surface area contributed by atoms with Crippen LogP contribution in [0.15, 0.2) is 66.9 Å². The Hall–Kier alpha value is -2.68.